The van der Waals surface area contributed by atoms with Crippen LogP contribution in [-0.2, 0) is 6.42 Å². The first-order valence-corrected chi connectivity index (χ1v) is 9.19. The lowest BCUT2D eigenvalue weighted by atomic mass is 9.82. The molecule has 2 heterocycles. The van der Waals surface area contributed by atoms with Gasteiger partial charge >= 0.3 is 13.1 Å². The van der Waals surface area contributed by atoms with E-state index >= 15 is 0 Å². The Bertz CT molecular complexity index is 827. The zero-order valence-corrected chi connectivity index (χ0v) is 15.6. The molecule has 0 amide bonds. The molecular weight excluding hydrogens is 383 g/mol. The molecule has 0 bridgehead atoms. The molecule has 0 spiro atoms. The van der Waals surface area contributed by atoms with E-state index in [-0.39, 0.29) is 42.8 Å². The molecule has 29 heavy (non-hydrogen) atoms. The number of aliphatic hydroxyl groups is 1. The van der Waals surface area contributed by atoms with Crippen molar-refractivity contribution in [1.29, 1.82) is 0 Å². The number of ether oxygens (including phenoxy) is 1. The van der Waals surface area contributed by atoms with Crippen molar-refractivity contribution in [3.63, 3.8) is 0 Å². The van der Waals surface area contributed by atoms with Crippen molar-refractivity contribution in [2.45, 2.75) is 24.9 Å². The quantitative estimate of drug-likeness (QED) is 0.309. The third-order valence-corrected chi connectivity index (χ3v) is 4.82. The second-order valence-corrected chi connectivity index (χ2v) is 6.95. The zero-order valence-electron chi connectivity index (χ0n) is 15.6. The number of likely N-dealkylation sites (tertiary alicyclic amines) is 1. The highest BCUT2D eigenvalue weighted by Gasteiger charge is 2.32. The van der Waals surface area contributed by atoms with Crippen LogP contribution in [0.1, 0.15) is 22.0 Å². The van der Waals surface area contributed by atoms with Gasteiger partial charge in [0.05, 0.1) is 18.8 Å². The van der Waals surface area contributed by atoms with E-state index in [1.807, 2.05) is 4.90 Å². The summed E-state index contributed by atoms with van der Waals surface area (Å²) in [6.07, 6.45) is 3.05. The number of aryl methyl sites for hydroxylation is 1. The maximum atomic E-state index is 11.6. The summed E-state index contributed by atoms with van der Waals surface area (Å²) in [5, 5.41) is 54.8. The van der Waals surface area contributed by atoms with Crippen molar-refractivity contribution in [2.75, 3.05) is 26.2 Å². The Balaban J connectivity index is 1.61. The van der Waals surface area contributed by atoms with Crippen LogP contribution >= 0.6 is 0 Å². The number of aromatic nitrogens is 3. The van der Waals surface area contributed by atoms with E-state index in [0.29, 0.717) is 25.2 Å². The number of rotatable bonds is 10. The predicted octanol–water partition coefficient (Wildman–Crippen LogP) is -1.01. The summed E-state index contributed by atoms with van der Waals surface area (Å²) in [7, 11) is -1.54. The molecule has 1 aliphatic rings. The molecule has 11 nitrogen and oxygen atoms in total. The van der Waals surface area contributed by atoms with Crippen molar-refractivity contribution in [3.8, 4) is 11.5 Å². The molecule has 12 heteroatoms. The Morgan fingerprint density at radius 2 is 2.10 bits per heavy atom. The van der Waals surface area contributed by atoms with Gasteiger partial charge in [-0.3, -0.25) is 4.90 Å². The molecule has 2 aromatic rings. The van der Waals surface area contributed by atoms with E-state index in [4.69, 9.17) is 14.8 Å². The van der Waals surface area contributed by atoms with Gasteiger partial charge in [0.1, 0.15) is 23.2 Å². The summed E-state index contributed by atoms with van der Waals surface area (Å²) >= 11 is 0. The SMILES string of the molecule is O=C(O)c1c(OC2CN(C[C@@H](CO)n3ccnn3)C2)ccc(CCB(O)O)c1O. The maximum Gasteiger partial charge on any atom is 0.451 e. The van der Waals surface area contributed by atoms with Crippen LogP contribution in [0.25, 0.3) is 0 Å². The second-order valence-electron chi connectivity index (χ2n) is 6.95. The molecule has 1 atom stereocenters. The fourth-order valence-corrected chi connectivity index (χ4v) is 3.27. The van der Waals surface area contributed by atoms with Crippen molar-refractivity contribution in [2.24, 2.45) is 0 Å². The minimum absolute atomic E-state index is 0.0256. The van der Waals surface area contributed by atoms with Crippen LogP contribution in [0, 0.1) is 0 Å². The van der Waals surface area contributed by atoms with E-state index in [1.165, 1.54) is 18.3 Å². The first kappa shape index (κ1) is 21.1. The summed E-state index contributed by atoms with van der Waals surface area (Å²) in [6.45, 7) is 1.51. The number of hydrogen-bond acceptors (Lipinski definition) is 9. The van der Waals surface area contributed by atoms with Crippen LogP contribution in [0.4, 0.5) is 0 Å². The van der Waals surface area contributed by atoms with Crippen molar-refractivity contribution in [1.82, 2.24) is 19.9 Å². The van der Waals surface area contributed by atoms with Gasteiger partial charge in [0.15, 0.2) is 0 Å². The molecule has 1 aromatic heterocycles. The minimum Gasteiger partial charge on any atom is -0.507 e. The standard InChI is InChI=1S/C17H23BN4O7/c23-10-12(22-6-5-19-20-22)7-21-8-13(9-21)29-14-2-1-11(3-4-18(27)28)16(24)15(14)17(25)26/h1-2,5-6,12-13,23-24,27-28H,3-4,7-10H2,(H,25,26)/t12-/m0/s1. The number of phenols is 1. The largest absolute Gasteiger partial charge is 0.507 e. The highest BCUT2D eigenvalue weighted by molar-refractivity contribution is 6.41. The molecule has 0 aliphatic carbocycles. The lowest BCUT2D eigenvalue weighted by Crippen LogP contribution is -2.55. The van der Waals surface area contributed by atoms with Gasteiger partial charge in [-0.05, 0) is 24.4 Å². The Hall–Kier alpha value is -2.67. The van der Waals surface area contributed by atoms with Crippen molar-refractivity contribution < 1.29 is 34.9 Å². The maximum absolute atomic E-state index is 11.6. The molecule has 1 aromatic carbocycles. The van der Waals surface area contributed by atoms with Crippen LogP contribution in [-0.4, -0.2) is 90.7 Å². The molecule has 1 saturated heterocycles. The molecule has 0 unspecified atom stereocenters. The van der Waals surface area contributed by atoms with Crippen LogP contribution < -0.4 is 4.74 Å². The lowest BCUT2D eigenvalue weighted by Gasteiger charge is -2.40. The Morgan fingerprint density at radius 3 is 2.69 bits per heavy atom. The number of nitrogens with zero attached hydrogens (tertiary/aromatic N) is 4. The van der Waals surface area contributed by atoms with Crippen LogP contribution in [0.5, 0.6) is 11.5 Å². The Morgan fingerprint density at radius 1 is 1.34 bits per heavy atom. The smallest absolute Gasteiger partial charge is 0.451 e. The highest BCUT2D eigenvalue weighted by Crippen LogP contribution is 2.34. The van der Waals surface area contributed by atoms with Gasteiger partial charge < -0.3 is 30.1 Å². The van der Waals surface area contributed by atoms with E-state index in [1.54, 1.807) is 10.9 Å². The molecule has 156 valence electrons. The van der Waals surface area contributed by atoms with Gasteiger partial charge in [-0.25, -0.2) is 9.48 Å². The summed E-state index contributed by atoms with van der Waals surface area (Å²) in [6, 6.07) is 2.75. The number of carbonyl (C=O) groups is 1. The van der Waals surface area contributed by atoms with Crippen molar-refractivity contribution >= 4 is 13.1 Å². The summed E-state index contributed by atoms with van der Waals surface area (Å²) in [5.74, 6) is -1.70. The normalized spacial score (nSPS) is 15.7. The number of hydrogen-bond donors (Lipinski definition) is 5. The zero-order chi connectivity index (χ0) is 21.0. The number of aromatic hydroxyl groups is 1. The molecule has 0 radical (unpaired) electrons. The number of aromatic carboxylic acids is 1. The average molecular weight is 406 g/mol. The number of aliphatic hydroxyl groups excluding tert-OH is 1. The summed E-state index contributed by atoms with van der Waals surface area (Å²) in [5.41, 5.74) is -0.0408. The molecule has 1 aliphatic heterocycles. The molecule has 5 N–H and O–H groups in total. The van der Waals surface area contributed by atoms with E-state index < -0.39 is 18.8 Å². The summed E-state index contributed by atoms with van der Waals surface area (Å²) < 4.78 is 7.34. The Labute approximate surface area is 166 Å². The fraction of sp³-hybridized carbons (Fsp3) is 0.471. The lowest BCUT2D eigenvalue weighted by molar-refractivity contribution is 0.00358. The molecular formula is C17H23BN4O7. The number of carboxylic acid groups (broad SMARTS) is 1. The van der Waals surface area contributed by atoms with Gasteiger partial charge in [0.2, 0.25) is 0 Å². The van der Waals surface area contributed by atoms with Crippen LogP contribution in [0.15, 0.2) is 24.5 Å². The third kappa shape index (κ3) is 5.04. The topological polar surface area (TPSA) is 161 Å². The molecule has 3 rings (SSSR count). The van der Waals surface area contributed by atoms with Gasteiger partial charge in [-0.1, -0.05) is 11.3 Å². The van der Waals surface area contributed by atoms with Gasteiger partial charge in [0, 0.05) is 25.8 Å². The van der Waals surface area contributed by atoms with Gasteiger partial charge in [-0.15, -0.1) is 5.10 Å². The first-order chi connectivity index (χ1) is 13.9. The fourth-order valence-electron chi connectivity index (χ4n) is 3.27. The number of carboxylic acids is 1. The number of benzene rings is 1. The second kappa shape index (κ2) is 9.22. The monoisotopic (exact) mass is 406 g/mol. The van der Waals surface area contributed by atoms with E-state index in [9.17, 15) is 20.1 Å². The molecule has 1 fully saturated rings. The molecule has 0 saturated carbocycles. The third-order valence-electron chi connectivity index (χ3n) is 4.82. The van der Waals surface area contributed by atoms with Gasteiger partial charge in [-0.2, -0.15) is 0 Å². The first-order valence-electron chi connectivity index (χ1n) is 9.19. The Kier molecular flexibility index (Phi) is 6.69. The van der Waals surface area contributed by atoms with Crippen molar-refractivity contribution in [3.05, 3.63) is 35.7 Å². The summed E-state index contributed by atoms with van der Waals surface area (Å²) in [4.78, 5) is 13.6. The van der Waals surface area contributed by atoms with Crippen LogP contribution in [0.3, 0.4) is 0 Å². The van der Waals surface area contributed by atoms with Crippen LogP contribution in [0.2, 0.25) is 6.32 Å². The predicted molar refractivity (Wildman–Crippen MR) is 101 cm³/mol. The average Bonchev–Trinajstić information content (AvgIpc) is 3.16. The minimum atomic E-state index is -1.54. The highest BCUT2D eigenvalue weighted by atomic mass is 16.5. The van der Waals surface area contributed by atoms with E-state index in [0.717, 1.165) is 0 Å². The van der Waals surface area contributed by atoms with E-state index in [2.05, 4.69) is 10.3 Å². The van der Waals surface area contributed by atoms with Gasteiger partial charge in [0.25, 0.3) is 0 Å².